The summed E-state index contributed by atoms with van der Waals surface area (Å²) in [7, 11) is 0. The van der Waals surface area contributed by atoms with Crippen molar-refractivity contribution < 1.29 is 9.47 Å². The molecule has 2 rings (SSSR count). The first kappa shape index (κ1) is 15.4. The molecule has 0 saturated carbocycles. The Bertz CT molecular complexity index is 502. The van der Waals surface area contributed by atoms with Crippen molar-refractivity contribution in [3.8, 4) is 11.5 Å². The second-order valence-electron chi connectivity index (χ2n) is 4.33. The highest BCUT2D eigenvalue weighted by Gasteiger charge is 2.16. The Hall–Kier alpha value is -0.970. The fourth-order valence-electron chi connectivity index (χ4n) is 1.90. The van der Waals surface area contributed by atoms with E-state index in [1.54, 1.807) is 24.3 Å². The summed E-state index contributed by atoms with van der Waals surface area (Å²) >= 11 is 16.8. The van der Waals surface area contributed by atoms with E-state index in [4.69, 9.17) is 44.9 Å². The zero-order chi connectivity index (χ0) is 14.4. The number of rotatable bonds is 4. The van der Waals surface area contributed by atoms with Gasteiger partial charge >= 0.3 is 0 Å². The molecule has 6 heteroatoms. The van der Waals surface area contributed by atoms with E-state index in [1.807, 2.05) is 0 Å². The highest BCUT2D eigenvalue weighted by atomic mass is 35.5. The smallest absolute Gasteiger partial charge is 0.264 e. The van der Waals surface area contributed by atoms with Gasteiger partial charge in [0.2, 0.25) is 0 Å². The molecule has 0 radical (unpaired) electrons. The first-order valence-electron chi connectivity index (χ1n) is 6.35. The van der Waals surface area contributed by atoms with Gasteiger partial charge in [-0.2, -0.15) is 0 Å². The average Bonchev–Trinajstić information content (AvgIpc) is 2.96. The van der Waals surface area contributed by atoms with Gasteiger partial charge in [-0.05, 0) is 43.3 Å². The molecular formula is C14H15Cl2NO2S. The molecule has 1 aromatic carbocycles. The molecule has 0 bridgehead atoms. The minimum atomic E-state index is 0.350. The van der Waals surface area contributed by atoms with Gasteiger partial charge in [0.15, 0.2) is 0 Å². The van der Waals surface area contributed by atoms with Gasteiger partial charge in [-0.15, -0.1) is 0 Å². The van der Waals surface area contributed by atoms with E-state index in [2.05, 4.69) is 4.90 Å². The Balaban J connectivity index is 2.00. The Morgan fingerprint density at radius 1 is 1.35 bits per heavy atom. The molecule has 108 valence electrons. The molecule has 0 spiro atoms. The summed E-state index contributed by atoms with van der Waals surface area (Å²) in [5.74, 6) is 1.17. The SMILES string of the molecule is S=C(Oc1ccc(Cl)c(OC/C=C\Cl)c1)N1CCCC1. The third kappa shape index (κ3) is 4.27. The average molecular weight is 332 g/mol. The molecule has 20 heavy (non-hydrogen) atoms. The van der Waals surface area contributed by atoms with Gasteiger partial charge in [-0.3, -0.25) is 0 Å². The molecular weight excluding hydrogens is 317 g/mol. The maximum Gasteiger partial charge on any atom is 0.264 e. The van der Waals surface area contributed by atoms with Crippen LogP contribution in [-0.2, 0) is 0 Å². The van der Waals surface area contributed by atoms with Crippen molar-refractivity contribution in [3.05, 3.63) is 34.8 Å². The summed E-state index contributed by atoms with van der Waals surface area (Å²) in [6.07, 6.45) is 3.99. The van der Waals surface area contributed by atoms with Crippen LogP contribution in [0.15, 0.2) is 29.8 Å². The van der Waals surface area contributed by atoms with Crippen LogP contribution in [0.5, 0.6) is 11.5 Å². The predicted molar refractivity (Wildman–Crippen MR) is 86.0 cm³/mol. The fraction of sp³-hybridized carbons (Fsp3) is 0.357. The van der Waals surface area contributed by atoms with E-state index in [1.165, 1.54) is 5.54 Å². The summed E-state index contributed by atoms with van der Waals surface area (Å²) in [5, 5.41) is 1.02. The van der Waals surface area contributed by atoms with Gasteiger partial charge in [0.1, 0.15) is 18.1 Å². The van der Waals surface area contributed by atoms with E-state index in [9.17, 15) is 0 Å². The largest absolute Gasteiger partial charge is 0.488 e. The summed E-state index contributed by atoms with van der Waals surface area (Å²) in [5.41, 5.74) is 1.40. The normalized spacial score (nSPS) is 14.8. The van der Waals surface area contributed by atoms with E-state index in [0.29, 0.717) is 28.3 Å². The van der Waals surface area contributed by atoms with Crippen LogP contribution in [0.2, 0.25) is 5.02 Å². The first-order chi connectivity index (χ1) is 9.70. The number of ether oxygens (including phenoxy) is 2. The van der Waals surface area contributed by atoms with Crippen LogP contribution >= 0.6 is 35.4 Å². The lowest BCUT2D eigenvalue weighted by Crippen LogP contribution is -2.30. The molecule has 1 heterocycles. The summed E-state index contributed by atoms with van der Waals surface area (Å²) in [4.78, 5) is 2.06. The lowest BCUT2D eigenvalue weighted by molar-refractivity contribution is 0.359. The van der Waals surface area contributed by atoms with E-state index >= 15 is 0 Å². The second-order valence-corrected chi connectivity index (χ2v) is 5.34. The van der Waals surface area contributed by atoms with Gasteiger partial charge < -0.3 is 14.4 Å². The summed E-state index contributed by atoms with van der Waals surface area (Å²) < 4.78 is 11.2. The fourth-order valence-corrected chi connectivity index (χ4v) is 2.42. The number of hydrogen-bond donors (Lipinski definition) is 0. The van der Waals surface area contributed by atoms with Crippen LogP contribution in [-0.4, -0.2) is 29.8 Å². The maximum absolute atomic E-state index is 6.06. The molecule has 1 aliphatic heterocycles. The van der Waals surface area contributed by atoms with E-state index in [-0.39, 0.29) is 0 Å². The third-order valence-corrected chi connectivity index (χ3v) is 3.73. The van der Waals surface area contributed by atoms with Crippen LogP contribution in [0.25, 0.3) is 0 Å². The molecule has 1 saturated heterocycles. The number of benzene rings is 1. The topological polar surface area (TPSA) is 21.7 Å². The number of hydrogen-bond acceptors (Lipinski definition) is 3. The van der Waals surface area contributed by atoms with Crippen molar-refractivity contribution >= 4 is 40.6 Å². The molecule has 1 aromatic rings. The Kier molecular flexibility index (Phi) is 5.95. The Morgan fingerprint density at radius 2 is 2.10 bits per heavy atom. The standard InChI is InChI=1S/C14H15Cl2NO2S/c15-6-3-9-18-13-10-11(4-5-12(13)16)19-14(20)17-7-1-2-8-17/h3-6,10H,1-2,7-9H2/b6-3-. The minimum Gasteiger partial charge on any atom is -0.488 e. The van der Waals surface area contributed by atoms with Crippen LogP contribution in [0.1, 0.15) is 12.8 Å². The molecule has 0 unspecified atom stereocenters. The van der Waals surface area contributed by atoms with Crippen molar-refractivity contribution in [3.63, 3.8) is 0 Å². The highest BCUT2D eigenvalue weighted by molar-refractivity contribution is 7.80. The van der Waals surface area contributed by atoms with Gasteiger partial charge in [-0.1, -0.05) is 23.2 Å². The van der Waals surface area contributed by atoms with Crippen LogP contribution in [0.4, 0.5) is 0 Å². The summed E-state index contributed by atoms with van der Waals surface area (Å²) in [6, 6.07) is 5.23. The molecule has 1 fully saturated rings. The Labute approximate surface area is 134 Å². The van der Waals surface area contributed by atoms with E-state index in [0.717, 1.165) is 25.9 Å². The van der Waals surface area contributed by atoms with Crippen LogP contribution in [0, 0.1) is 0 Å². The lowest BCUT2D eigenvalue weighted by atomic mass is 10.3. The van der Waals surface area contributed by atoms with Gasteiger partial charge in [0.05, 0.1) is 5.02 Å². The van der Waals surface area contributed by atoms with Crippen molar-refractivity contribution in [1.29, 1.82) is 0 Å². The van der Waals surface area contributed by atoms with Gasteiger partial charge in [0.25, 0.3) is 5.17 Å². The molecule has 0 N–H and O–H groups in total. The number of nitrogens with zero attached hydrogens (tertiary/aromatic N) is 1. The molecule has 0 amide bonds. The molecule has 0 aromatic heterocycles. The van der Waals surface area contributed by atoms with Gasteiger partial charge in [0, 0.05) is 24.7 Å². The molecule has 3 nitrogen and oxygen atoms in total. The van der Waals surface area contributed by atoms with Crippen molar-refractivity contribution in [2.24, 2.45) is 0 Å². The van der Waals surface area contributed by atoms with Crippen LogP contribution in [0.3, 0.4) is 0 Å². The van der Waals surface area contributed by atoms with Crippen molar-refractivity contribution in [2.45, 2.75) is 12.8 Å². The monoisotopic (exact) mass is 331 g/mol. The highest BCUT2D eigenvalue weighted by Crippen LogP contribution is 2.29. The number of likely N-dealkylation sites (tertiary alicyclic amines) is 1. The van der Waals surface area contributed by atoms with Crippen molar-refractivity contribution in [2.75, 3.05) is 19.7 Å². The lowest BCUT2D eigenvalue weighted by Gasteiger charge is -2.18. The first-order valence-corrected chi connectivity index (χ1v) is 7.57. The quantitative estimate of drug-likeness (QED) is 0.769. The zero-order valence-electron chi connectivity index (χ0n) is 10.9. The van der Waals surface area contributed by atoms with E-state index < -0.39 is 0 Å². The minimum absolute atomic E-state index is 0.350. The number of thiocarbonyl (C=S) groups is 1. The third-order valence-electron chi connectivity index (χ3n) is 2.90. The predicted octanol–water partition coefficient (Wildman–Crippen LogP) is 4.23. The zero-order valence-corrected chi connectivity index (χ0v) is 13.2. The van der Waals surface area contributed by atoms with Gasteiger partial charge in [-0.25, -0.2) is 0 Å². The number of halogens is 2. The molecule has 0 aliphatic carbocycles. The second kappa shape index (κ2) is 7.72. The maximum atomic E-state index is 6.06. The van der Waals surface area contributed by atoms with Crippen molar-refractivity contribution in [1.82, 2.24) is 4.90 Å². The molecule has 0 atom stereocenters. The summed E-state index contributed by atoms with van der Waals surface area (Å²) in [6.45, 7) is 2.26. The molecule has 1 aliphatic rings. The van der Waals surface area contributed by atoms with Crippen LogP contribution < -0.4 is 9.47 Å². The Morgan fingerprint density at radius 3 is 2.80 bits per heavy atom.